The monoisotopic (exact) mass is 669 g/mol. The first kappa shape index (κ1) is 31.5. The van der Waals surface area contributed by atoms with Gasteiger partial charge in [0.2, 0.25) is 0 Å². The Morgan fingerprint density at radius 1 is 0.385 bits per heavy atom. The van der Waals surface area contributed by atoms with Gasteiger partial charge in [-0.1, -0.05) is 157 Å². The molecule has 0 fully saturated rings. The number of benzene rings is 8. The van der Waals surface area contributed by atoms with Gasteiger partial charge in [-0.2, -0.15) is 0 Å². The third kappa shape index (κ3) is 5.32. The van der Waals surface area contributed by atoms with Gasteiger partial charge in [0.15, 0.2) is 0 Å². The summed E-state index contributed by atoms with van der Waals surface area (Å²) in [5.41, 5.74) is 15.3. The van der Waals surface area contributed by atoms with Gasteiger partial charge < -0.3 is 4.90 Å². The number of fused-ring (bicyclic) bond motifs is 3. The Kier molecular flexibility index (Phi) is 7.86. The summed E-state index contributed by atoms with van der Waals surface area (Å²) in [5.74, 6) is -0.245. The van der Waals surface area contributed by atoms with Crippen molar-refractivity contribution >= 4 is 17.1 Å². The van der Waals surface area contributed by atoms with Crippen LogP contribution in [-0.4, -0.2) is 0 Å². The number of aryl methyl sites for hydroxylation is 1. The van der Waals surface area contributed by atoms with E-state index in [1.54, 1.807) is 12.1 Å². The smallest absolute Gasteiger partial charge is 0.123 e. The Bertz CT molecular complexity index is 2390. The SMILES string of the molecule is Cc1ccc(C2(c3ccc(F)cc3)c3ccccc3-c3ccc(N(c4cccc(-c5ccccc5)c4)c4cccc(-c5ccccc5)c4)cc32)cc1. The molecular weight excluding hydrogens is 634 g/mol. The molecule has 1 nitrogen and oxygen atoms in total. The summed E-state index contributed by atoms with van der Waals surface area (Å²) in [5, 5.41) is 0. The van der Waals surface area contributed by atoms with Gasteiger partial charge >= 0.3 is 0 Å². The third-order valence-electron chi connectivity index (χ3n) is 10.5. The number of halogens is 1. The summed E-state index contributed by atoms with van der Waals surface area (Å²) < 4.78 is 14.6. The number of anilines is 3. The molecule has 8 aromatic rings. The lowest BCUT2D eigenvalue weighted by atomic mass is 9.67. The Morgan fingerprint density at radius 2 is 0.865 bits per heavy atom. The maximum atomic E-state index is 14.6. The van der Waals surface area contributed by atoms with E-state index in [0.717, 1.165) is 39.3 Å². The lowest BCUT2D eigenvalue weighted by Crippen LogP contribution is -2.29. The molecule has 0 amide bonds. The van der Waals surface area contributed by atoms with E-state index in [1.165, 1.54) is 38.9 Å². The van der Waals surface area contributed by atoms with Crippen LogP contribution in [-0.2, 0) is 5.41 Å². The molecule has 0 aliphatic heterocycles. The molecule has 0 radical (unpaired) electrons. The van der Waals surface area contributed by atoms with Crippen LogP contribution in [0.3, 0.4) is 0 Å². The van der Waals surface area contributed by atoms with Crippen LogP contribution >= 0.6 is 0 Å². The fraction of sp³-hybridized carbons (Fsp3) is 0.0400. The molecular formula is C50H36FN. The predicted molar refractivity (Wildman–Crippen MR) is 214 cm³/mol. The molecule has 1 aliphatic rings. The maximum absolute atomic E-state index is 14.6. The first-order chi connectivity index (χ1) is 25.6. The van der Waals surface area contributed by atoms with Gasteiger partial charge in [0.25, 0.3) is 0 Å². The molecule has 0 N–H and O–H groups in total. The van der Waals surface area contributed by atoms with Crippen LogP contribution in [0.2, 0.25) is 0 Å². The molecule has 1 aliphatic carbocycles. The average molecular weight is 670 g/mol. The molecule has 8 aromatic carbocycles. The van der Waals surface area contributed by atoms with Crippen LogP contribution in [0.1, 0.15) is 27.8 Å². The molecule has 2 heteroatoms. The van der Waals surface area contributed by atoms with E-state index in [9.17, 15) is 4.39 Å². The Labute approximate surface area is 304 Å². The first-order valence-electron chi connectivity index (χ1n) is 17.8. The Morgan fingerprint density at radius 3 is 1.46 bits per heavy atom. The van der Waals surface area contributed by atoms with Crippen molar-refractivity contribution in [3.05, 3.63) is 234 Å². The number of nitrogens with zero attached hydrogens (tertiary/aromatic N) is 1. The van der Waals surface area contributed by atoms with E-state index >= 15 is 0 Å². The highest BCUT2D eigenvalue weighted by atomic mass is 19.1. The van der Waals surface area contributed by atoms with Crippen molar-refractivity contribution < 1.29 is 4.39 Å². The predicted octanol–water partition coefficient (Wildman–Crippen LogP) is 13.3. The van der Waals surface area contributed by atoms with E-state index < -0.39 is 5.41 Å². The van der Waals surface area contributed by atoms with Crippen molar-refractivity contribution in [3.8, 4) is 33.4 Å². The molecule has 248 valence electrons. The van der Waals surface area contributed by atoms with E-state index in [4.69, 9.17) is 0 Å². The molecule has 0 heterocycles. The molecule has 0 bridgehead atoms. The van der Waals surface area contributed by atoms with Crippen LogP contribution in [0.25, 0.3) is 33.4 Å². The number of hydrogen-bond acceptors (Lipinski definition) is 1. The van der Waals surface area contributed by atoms with Crippen molar-refractivity contribution in [2.24, 2.45) is 0 Å². The van der Waals surface area contributed by atoms with Crippen LogP contribution in [0.4, 0.5) is 21.5 Å². The van der Waals surface area contributed by atoms with Gasteiger partial charge in [-0.25, -0.2) is 4.39 Å². The van der Waals surface area contributed by atoms with E-state index in [2.05, 4.69) is 188 Å². The molecule has 0 spiro atoms. The van der Waals surface area contributed by atoms with Crippen molar-refractivity contribution in [3.63, 3.8) is 0 Å². The molecule has 1 unspecified atom stereocenters. The summed E-state index contributed by atoms with van der Waals surface area (Å²) >= 11 is 0. The summed E-state index contributed by atoms with van der Waals surface area (Å²) in [6.45, 7) is 2.12. The zero-order chi connectivity index (χ0) is 35.1. The fourth-order valence-corrected chi connectivity index (χ4v) is 8.06. The molecule has 0 aromatic heterocycles. The average Bonchev–Trinajstić information content (AvgIpc) is 3.50. The summed E-state index contributed by atoms with van der Waals surface area (Å²) in [4.78, 5) is 2.37. The van der Waals surface area contributed by atoms with Crippen molar-refractivity contribution in [1.29, 1.82) is 0 Å². The molecule has 0 saturated heterocycles. The normalized spacial score (nSPS) is 14.4. The minimum absolute atomic E-state index is 0.245. The summed E-state index contributed by atoms with van der Waals surface area (Å²) in [7, 11) is 0. The minimum Gasteiger partial charge on any atom is -0.310 e. The Balaban J connectivity index is 1.31. The van der Waals surface area contributed by atoms with Gasteiger partial charge in [-0.15, -0.1) is 0 Å². The summed E-state index contributed by atoms with van der Waals surface area (Å²) in [6.07, 6.45) is 0. The van der Waals surface area contributed by atoms with Crippen molar-refractivity contribution in [2.45, 2.75) is 12.3 Å². The molecule has 9 rings (SSSR count). The van der Waals surface area contributed by atoms with Crippen LogP contribution in [0.15, 0.2) is 200 Å². The second kappa shape index (κ2) is 13.0. The van der Waals surface area contributed by atoms with Gasteiger partial charge in [0.05, 0.1) is 5.41 Å². The minimum atomic E-state index is -0.660. The van der Waals surface area contributed by atoms with Gasteiger partial charge in [-0.05, 0) is 111 Å². The van der Waals surface area contributed by atoms with Crippen molar-refractivity contribution in [1.82, 2.24) is 0 Å². The first-order valence-corrected chi connectivity index (χ1v) is 17.8. The van der Waals surface area contributed by atoms with Gasteiger partial charge in [-0.3, -0.25) is 0 Å². The summed E-state index contributed by atoms with van der Waals surface area (Å²) in [6, 6.07) is 70.2. The fourth-order valence-electron chi connectivity index (χ4n) is 8.06. The molecule has 52 heavy (non-hydrogen) atoms. The maximum Gasteiger partial charge on any atom is 0.123 e. The van der Waals surface area contributed by atoms with E-state index in [-0.39, 0.29) is 5.82 Å². The largest absolute Gasteiger partial charge is 0.310 e. The van der Waals surface area contributed by atoms with E-state index in [1.807, 2.05) is 12.1 Å². The van der Waals surface area contributed by atoms with Crippen molar-refractivity contribution in [2.75, 3.05) is 4.90 Å². The zero-order valence-corrected chi connectivity index (χ0v) is 28.9. The molecule has 0 saturated carbocycles. The quantitative estimate of drug-likeness (QED) is 0.163. The topological polar surface area (TPSA) is 3.24 Å². The highest BCUT2D eigenvalue weighted by Gasteiger charge is 2.46. The van der Waals surface area contributed by atoms with Crippen LogP contribution in [0.5, 0.6) is 0 Å². The van der Waals surface area contributed by atoms with E-state index in [0.29, 0.717) is 0 Å². The lowest BCUT2D eigenvalue weighted by Gasteiger charge is -2.35. The second-order valence-electron chi connectivity index (χ2n) is 13.6. The second-order valence-corrected chi connectivity index (χ2v) is 13.6. The van der Waals surface area contributed by atoms with Crippen LogP contribution in [0, 0.1) is 12.7 Å². The Hall–Kier alpha value is -6.51. The highest BCUT2D eigenvalue weighted by Crippen LogP contribution is 2.57. The van der Waals surface area contributed by atoms with Gasteiger partial charge in [0, 0.05) is 17.1 Å². The third-order valence-corrected chi connectivity index (χ3v) is 10.5. The lowest BCUT2D eigenvalue weighted by molar-refractivity contribution is 0.625. The number of rotatable bonds is 7. The standard InChI is InChI=1S/C50H36FN/c1-35-22-24-40(25-23-35)50(41-26-28-42(51)29-27-41)48-21-9-8-20-46(48)47-31-30-45(34-49(47)50)52(43-18-10-16-38(32-43)36-12-4-2-5-13-36)44-19-11-17-39(33-44)37-14-6-3-7-15-37/h2-34H,1H3. The highest BCUT2D eigenvalue weighted by molar-refractivity contribution is 5.90. The van der Waals surface area contributed by atoms with Gasteiger partial charge in [0.1, 0.15) is 5.82 Å². The van der Waals surface area contributed by atoms with Crippen LogP contribution < -0.4 is 4.90 Å². The molecule has 1 atom stereocenters. The zero-order valence-electron chi connectivity index (χ0n) is 28.9. The number of hydrogen-bond donors (Lipinski definition) is 0.